The first kappa shape index (κ1) is 56.2. The molecule has 0 saturated carbocycles. The van der Waals surface area contributed by atoms with Crippen LogP contribution < -0.4 is 10.2 Å². The number of carbonyl (C=O) groups excluding carboxylic acids is 1. The Hall–Kier alpha value is -1.80. The quantitative estimate of drug-likeness (QED) is 0.0274. The number of rotatable bonds is 42. The summed E-state index contributed by atoms with van der Waals surface area (Å²) < 4.78 is 23.2. The third-order valence-electron chi connectivity index (χ3n) is 10.2. The van der Waals surface area contributed by atoms with Crippen LogP contribution in [0.4, 0.5) is 0 Å². The molecule has 2 N–H and O–H groups in total. The molecule has 0 radical (unpaired) electrons. The molecule has 0 aliphatic heterocycles. The maximum absolute atomic E-state index is 12.9. The maximum Gasteiger partial charge on any atom is 0.268 e. The molecule has 0 aromatic rings. The maximum atomic E-state index is 12.9. The number of aliphatic hydroxyl groups is 1. The van der Waals surface area contributed by atoms with E-state index in [2.05, 4.69) is 67.8 Å². The summed E-state index contributed by atoms with van der Waals surface area (Å²) in [6.07, 6.45) is 52.7. The Kier molecular flexibility index (Phi) is 39.3. The van der Waals surface area contributed by atoms with Gasteiger partial charge in [0.05, 0.1) is 39.9 Å². The van der Waals surface area contributed by atoms with Crippen LogP contribution in [0, 0.1) is 0 Å². The van der Waals surface area contributed by atoms with Gasteiger partial charge in [0.1, 0.15) is 13.2 Å². The van der Waals surface area contributed by atoms with Gasteiger partial charge in [-0.25, -0.2) is 0 Å². The van der Waals surface area contributed by atoms with Crippen molar-refractivity contribution < 1.29 is 32.9 Å². The highest BCUT2D eigenvalue weighted by atomic mass is 31.2. The van der Waals surface area contributed by atoms with Crippen molar-refractivity contribution in [3.05, 3.63) is 60.8 Å². The topological polar surface area (TPSA) is 108 Å². The lowest BCUT2D eigenvalue weighted by Gasteiger charge is -2.29. The van der Waals surface area contributed by atoms with Crippen molar-refractivity contribution in [2.75, 3.05) is 40.9 Å². The molecular weight excluding hydrogens is 744 g/mol. The molecule has 3 atom stereocenters. The van der Waals surface area contributed by atoms with E-state index in [0.717, 1.165) is 64.2 Å². The average Bonchev–Trinajstić information content (AvgIpc) is 3.17. The molecule has 0 aromatic carbocycles. The summed E-state index contributed by atoms with van der Waals surface area (Å²) in [4.78, 5) is 25.3. The van der Waals surface area contributed by atoms with Crippen molar-refractivity contribution in [2.24, 2.45) is 0 Å². The van der Waals surface area contributed by atoms with Gasteiger partial charge in [0, 0.05) is 6.42 Å². The van der Waals surface area contributed by atoms with E-state index >= 15 is 0 Å². The summed E-state index contributed by atoms with van der Waals surface area (Å²) in [5.74, 6) is -0.204. The number of allylic oxidation sites excluding steroid dienone is 9. The van der Waals surface area contributed by atoms with Gasteiger partial charge in [0.2, 0.25) is 5.91 Å². The SMILES string of the molecule is CC/C=C\C/C=C\C/C=C\C/C=C\CCCCCCCCCCCCCCC(=O)NC(COP(=O)([O-])OCC[N+](C)(C)C)C(O)/C=C/CCCCCCCCCCC. The Labute approximate surface area is 358 Å². The molecule has 0 aliphatic carbocycles. The molecule has 0 bridgehead atoms. The zero-order chi connectivity index (χ0) is 42.8. The number of unbranched alkanes of at least 4 members (excludes halogenated alkanes) is 21. The van der Waals surface area contributed by atoms with Crippen LogP contribution in [-0.4, -0.2) is 68.5 Å². The molecule has 0 rings (SSSR count). The number of quaternary nitrogens is 1. The zero-order valence-electron chi connectivity index (χ0n) is 38.2. The normalized spacial score (nSPS) is 14.8. The summed E-state index contributed by atoms with van der Waals surface area (Å²) in [5, 5.41) is 13.8. The number of hydrogen-bond donors (Lipinski definition) is 2. The molecule has 9 heteroatoms. The summed E-state index contributed by atoms with van der Waals surface area (Å²) >= 11 is 0. The highest BCUT2D eigenvalue weighted by Gasteiger charge is 2.23. The first-order chi connectivity index (χ1) is 28.0. The third kappa shape index (κ3) is 42.3. The Balaban J connectivity index is 4.23. The van der Waals surface area contributed by atoms with Crippen molar-refractivity contribution in [1.82, 2.24) is 5.32 Å². The van der Waals surface area contributed by atoms with Gasteiger partial charge in [-0.15, -0.1) is 0 Å². The van der Waals surface area contributed by atoms with Crippen LogP contribution in [-0.2, 0) is 18.4 Å². The Bertz CT molecular complexity index is 1130. The average molecular weight is 835 g/mol. The van der Waals surface area contributed by atoms with Crippen LogP contribution in [0.5, 0.6) is 0 Å². The van der Waals surface area contributed by atoms with Gasteiger partial charge in [0.15, 0.2) is 0 Å². The number of phosphoric ester groups is 1. The van der Waals surface area contributed by atoms with Gasteiger partial charge >= 0.3 is 0 Å². The van der Waals surface area contributed by atoms with E-state index in [4.69, 9.17) is 9.05 Å². The van der Waals surface area contributed by atoms with Gasteiger partial charge in [0.25, 0.3) is 7.82 Å². The first-order valence-corrected chi connectivity index (χ1v) is 25.1. The zero-order valence-corrected chi connectivity index (χ0v) is 39.1. The van der Waals surface area contributed by atoms with E-state index in [9.17, 15) is 19.4 Å². The molecule has 3 unspecified atom stereocenters. The van der Waals surface area contributed by atoms with Crippen LogP contribution in [0.2, 0.25) is 0 Å². The molecule has 0 saturated heterocycles. The second kappa shape index (κ2) is 40.6. The van der Waals surface area contributed by atoms with E-state index in [1.165, 1.54) is 109 Å². The van der Waals surface area contributed by atoms with Crippen molar-refractivity contribution in [2.45, 2.75) is 206 Å². The molecule has 0 spiro atoms. The predicted molar refractivity (Wildman–Crippen MR) is 247 cm³/mol. The minimum atomic E-state index is -4.59. The molecule has 0 fully saturated rings. The molecule has 0 aliphatic rings. The van der Waals surface area contributed by atoms with Gasteiger partial charge in [-0.3, -0.25) is 9.36 Å². The van der Waals surface area contributed by atoms with Gasteiger partial charge in [-0.1, -0.05) is 190 Å². The lowest BCUT2D eigenvalue weighted by atomic mass is 10.0. The highest BCUT2D eigenvalue weighted by molar-refractivity contribution is 7.45. The molecular formula is C49H91N2O6P. The Morgan fingerprint density at radius 3 is 1.53 bits per heavy atom. The van der Waals surface area contributed by atoms with E-state index in [1.807, 2.05) is 27.2 Å². The summed E-state index contributed by atoms with van der Waals surface area (Å²) in [6.45, 7) is 4.51. The van der Waals surface area contributed by atoms with Crippen LogP contribution in [0.25, 0.3) is 0 Å². The Morgan fingerprint density at radius 1 is 0.621 bits per heavy atom. The van der Waals surface area contributed by atoms with Gasteiger partial charge in [-0.05, 0) is 57.8 Å². The number of phosphoric acid groups is 1. The van der Waals surface area contributed by atoms with Gasteiger partial charge < -0.3 is 28.8 Å². The number of nitrogens with zero attached hydrogens (tertiary/aromatic N) is 1. The molecule has 8 nitrogen and oxygen atoms in total. The van der Waals surface area contributed by atoms with Crippen LogP contribution in [0.1, 0.15) is 194 Å². The largest absolute Gasteiger partial charge is 0.756 e. The lowest BCUT2D eigenvalue weighted by molar-refractivity contribution is -0.870. The van der Waals surface area contributed by atoms with Crippen LogP contribution >= 0.6 is 7.82 Å². The van der Waals surface area contributed by atoms with Crippen molar-refractivity contribution in [3.63, 3.8) is 0 Å². The highest BCUT2D eigenvalue weighted by Crippen LogP contribution is 2.38. The number of likely N-dealkylation sites (N-methyl/N-ethyl adjacent to an activating group) is 1. The number of hydrogen-bond acceptors (Lipinski definition) is 6. The smallest absolute Gasteiger partial charge is 0.268 e. The molecule has 1 amide bonds. The van der Waals surface area contributed by atoms with Crippen LogP contribution in [0.3, 0.4) is 0 Å². The summed E-state index contributed by atoms with van der Waals surface area (Å²) in [7, 11) is 1.25. The fourth-order valence-electron chi connectivity index (χ4n) is 6.50. The number of amides is 1. The van der Waals surface area contributed by atoms with Crippen LogP contribution in [0.15, 0.2) is 60.8 Å². The van der Waals surface area contributed by atoms with Crippen molar-refractivity contribution >= 4 is 13.7 Å². The monoisotopic (exact) mass is 835 g/mol. The summed E-state index contributed by atoms with van der Waals surface area (Å²) in [5.41, 5.74) is 0. The lowest BCUT2D eigenvalue weighted by Crippen LogP contribution is -2.45. The minimum absolute atomic E-state index is 0.00326. The molecule has 0 heterocycles. The second-order valence-corrected chi connectivity index (χ2v) is 18.5. The predicted octanol–water partition coefficient (Wildman–Crippen LogP) is 12.8. The Morgan fingerprint density at radius 2 is 1.05 bits per heavy atom. The fourth-order valence-corrected chi connectivity index (χ4v) is 7.22. The first-order valence-electron chi connectivity index (χ1n) is 23.7. The third-order valence-corrected chi connectivity index (χ3v) is 11.2. The van der Waals surface area contributed by atoms with Crippen molar-refractivity contribution in [1.29, 1.82) is 0 Å². The van der Waals surface area contributed by atoms with E-state index in [1.54, 1.807) is 6.08 Å². The minimum Gasteiger partial charge on any atom is -0.756 e. The van der Waals surface area contributed by atoms with E-state index in [-0.39, 0.29) is 19.1 Å². The fraction of sp³-hybridized carbons (Fsp3) is 0.776. The second-order valence-electron chi connectivity index (χ2n) is 17.1. The number of nitrogens with one attached hydrogen (secondary N) is 1. The van der Waals surface area contributed by atoms with E-state index in [0.29, 0.717) is 17.4 Å². The molecule has 338 valence electrons. The molecule has 58 heavy (non-hydrogen) atoms. The van der Waals surface area contributed by atoms with E-state index < -0.39 is 20.0 Å². The molecule has 0 aromatic heterocycles. The summed E-state index contributed by atoms with van der Waals surface area (Å²) in [6, 6.07) is -0.887. The van der Waals surface area contributed by atoms with Gasteiger partial charge in [-0.2, -0.15) is 0 Å². The number of aliphatic hydroxyl groups excluding tert-OH is 1. The number of carbonyl (C=O) groups is 1. The standard InChI is InChI=1S/C49H91N2O6P/c1-6-8-10-12-14-16-18-19-20-21-22-23-24-25-26-27-28-29-30-31-33-35-37-39-41-43-49(53)50-47(46-57-58(54,55)56-45-44-51(3,4)5)48(52)42-40-38-36-34-32-17-15-13-11-9-7-2/h8,10,14,16,19-20,22-23,40,42,47-48,52H,6-7,9,11-13,15,17-18,21,24-39,41,43-46H2,1-5H3,(H-,50,53,54,55)/b10-8-,16-14-,20-19-,23-22-,42-40+. The van der Waals surface area contributed by atoms with Crippen molar-refractivity contribution in [3.8, 4) is 0 Å².